The maximum atomic E-state index is 13.0. The van der Waals surface area contributed by atoms with Gasteiger partial charge in [-0.05, 0) is 62.2 Å². The van der Waals surface area contributed by atoms with Gasteiger partial charge in [0.15, 0.2) is 0 Å². The Morgan fingerprint density at radius 2 is 1.96 bits per heavy atom. The minimum absolute atomic E-state index is 0.182. The van der Waals surface area contributed by atoms with E-state index in [1.807, 2.05) is 23.1 Å². The van der Waals surface area contributed by atoms with Crippen molar-refractivity contribution < 1.29 is 8.60 Å². The summed E-state index contributed by atoms with van der Waals surface area (Å²) in [7, 11) is -1.05. The summed E-state index contributed by atoms with van der Waals surface area (Å²) in [4.78, 5) is 2.00. The van der Waals surface area contributed by atoms with Crippen LogP contribution in [0.2, 0.25) is 0 Å². The molecule has 0 spiro atoms. The first-order valence-corrected chi connectivity index (χ1v) is 9.95. The molecule has 2 aliphatic rings. The molecule has 130 valence electrons. The fraction of sp³-hybridized carbons (Fsp3) is 0.444. The van der Waals surface area contributed by atoms with Gasteiger partial charge in [-0.15, -0.1) is 0 Å². The van der Waals surface area contributed by atoms with Gasteiger partial charge in [-0.25, -0.2) is 4.39 Å². The van der Waals surface area contributed by atoms with Crippen LogP contribution >= 0.6 is 11.6 Å². The summed E-state index contributed by atoms with van der Waals surface area (Å²) in [5, 5.41) is 4.30. The summed E-state index contributed by atoms with van der Waals surface area (Å²) in [5.74, 6) is -0.234. The van der Waals surface area contributed by atoms with Crippen molar-refractivity contribution in [2.45, 2.75) is 30.0 Å². The Labute approximate surface area is 150 Å². The second kappa shape index (κ2) is 8.28. The van der Waals surface area contributed by atoms with E-state index in [4.69, 9.17) is 11.6 Å². The first-order chi connectivity index (χ1) is 11.6. The molecule has 2 unspecified atom stereocenters. The Morgan fingerprint density at radius 3 is 2.67 bits per heavy atom. The van der Waals surface area contributed by atoms with Crippen LogP contribution in [0.3, 0.4) is 0 Å². The number of alkyl halides is 1. The number of hydrogen-bond acceptors (Lipinski definition) is 3. The third kappa shape index (κ3) is 4.26. The van der Waals surface area contributed by atoms with E-state index in [2.05, 4.69) is 5.32 Å². The molecule has 0 bridgehead atoms. The van der Waals surface area contributed by atoms with Crippen molar-refractivity contribution in [2.75, 3.05) is 19.6 Å². The fourth-order valence-corrected chi connectivity index (χ4v) is 5.05. The molecule has 24 heavy (non-hydrogen) atoms. The van der Waals surface area contributed by atoms with Gasteiger partial charge < -0.3 is 10.2 Å². The molecule has 6 heteroatoms. The van der Waals surface area contributed by atoms with Crippen LogP contribution in [0.25, 0.3) is 0 Å². The van der Waals surface area contributed by atoms with Crippen LogP contribution in [0.1, 0.15) is 18.4 Å². The van der Waals surface area contributed by atoms with Crippen molar-refractivity contribution >= 4 is 22.4 Å². The topological polar surface area (TPSA) is 32.3 Å². The highest BCUT2D eigenvalue weighted by atomic mass is 35.5. The summed E-state index contributed by atoms with van der Waals surface area (Å²) >= 11 is 6.44. The number of hydrogen-bond donors (Lipinski definition) is 1. The molecule has 0 aromatic heterocycles. The Morgan fingerprint density at radius 1 is 1.25 bits per heavy atom. The van der Waals surface area contributed by atoms with Gasteiger partial charge in [0.25, 0.3) is 0 Å². The van der Waals surface area contributed by atoms with E-state index >= 15 is 0 Å². The average Bonchev–Trinajstić information content (AvgIpc) is 2.62. The number of piperidine rings is 1. The number of rotatable bonds is 5. The van der Waals surface area contributed by atoms with Crippen LogP contribution in [0.4, 0.5) is 4.39 Å². The zero-order valence-corrected chi connectivity index (χ0v) is 15.0. The predicted octanol–water partition coefficient (Wildman–Crippen LogP) is 3.15. The van der Waals surface area contributed by atoms with Crippen molar-refractivity contribution in [3.8, 4) is 0 Å². The Kier molecular flexibility index (Phi) is 6.09. The molecule has 2 heterocycles. The molecule has 1 aromatic rings. The minimum Gasteiger partial charge on any atom is -0.344 e. The molecule has 1 saturated heterocycles. The summed E-state index contributed by atoms with van der Waals surface area (Å²) in [6, 6.07) is 6.50. The lowest BCUT2D eigenvalue weighted by Gasteiger charge is -2.34. The standard InChI is InChI=1S/C18H22ClFN2OS/c19-17-2-1-3-18(24(23)16-8-11-21-12-9-16)22(17)13-10-14-4-6-15(20)7-5-14/h1-7,16-17,21H,8-13H2. The van der Waals surface area contributed by atoms with Gasteiger partial charge in [-0.1, -0.05) is 29.8 Å². The van der Waals surface area contributed by atoms with E-state index in [1.165, 1.54) is 12.1 Å². The maximum absolute atomic E-state index is 13.0. The quantitative estimate of drug-likeness (QED) is 0.640. The molecule has 0 amide bonds. The maximum Gasteiger partial charge on any atom is 0.123 e. The first kappa shape index (κ1) is 17.6. The zero-order chi connectivity index (χ0) is 16.9. The molecule has 1 fully saturated rings. The number of nitrogens with one attached hydrogen (secondary N) is 1. The van der Waals surface area contributed by atoms with E-state index in [-0.39, 0.29) is 16.6 Å². The van der Waals surface area contributed by atoms with Crippen molar-refractivity contribution in [3.05, 3.63) is 58.9 Å². The average molecular weight is 369 g/mol. The van der Waals surface area contributed by atoms with Crippen molar-refractivity contribution in [2.24, 2.45) is 0 Å². The summed E-state index contributed by atoms with van der Waals surface area (Å²) in [5.41, 5.74) is 0.748. The van der Waals surface area contributed by atoms with Gasteiger partial charge in [0.1, 0.15) is 16.3 Å². The monoisotopic (exact) mass is 368 g/mol. The second-order valence-corrected chi connectivity index (χ2v) is 8.21. The Balaban J connectivity index is 1.69. The molecule has 0 radical (unpaired) electrons. The van der Waals surface area contributed by atoms with Crippen LogP contribution < -0.4 is 5.32 Å². The summed E-state index contributed by atoms with van der Waals surface area (Å²) < 4.78 is 26.0. The number of benzene rings is 1. The molecule has 2 aliphatic heterocycles. The first-order valence-electron chi connectivity index (χ1n) is 8.30. The second-order valence-electron chi connectivity index (χ2n) is 6.08. The van der Waals surface area contributed by atoms with E-state index in [0.29, 0.717) is 6.54 Å². The third-order valence-electron chi connectivity index (χ3n) is 4.44. The van der Waals surface area contributed by atoms with Crippen molar-refractivity contribution in [1.82, 2.24) is 10.2 Å². The Hall–Kier alpha value is -1.17. The van der Waals surface area contributed by atoms with Crippen LogP contribution in [-0.4, -0.2) is 39.5 Å². The van der Waals surface area contributed by atoms with Gasteiger partial charge in [0.2, 0.25) is 0 Å². The molecular weight excluding hydrogens is 347 g/mol. The summed E-state index contributed by atoms with van der Waals surface area (Å²) in [6.45, 7) is 2.49. The Bertz CT molecular complexity index is 641. The molecule has 2 atom stereocenters. The fourth-order valence-electron chi connectivity index (χ4n) is 3.05. The number of nitrogens with zero attached hydrogens (tertiary/aromatic N) is 1. The highest BCUT2D eigenvalue weighted by molar-refractivity contribution is 7.89. The van der Waals surface area contributed by atoms with Gasteiger partial charge in [-0.3, -0.25) is 4.21 Å². The lowest BCUT2D eigenvalue weighted by atomic mass is 10.1. The van der Waals surface area contributed by atoms with Gasteiger partial charge in [-0.2, -0.15) is 0 Å². The summed E-state index contributed by atoms with van der Waals surface area (Å²) in [6.07, 6.45) is 8.29. The highest BCUT2D eigenvalue weighted by Gasteiger charge is 2.29. The normalized spacial score (nSPS) is 23.2. The molecule has 3 rings (SSSR count). The largest absolute Gasteiger partial charge is 0.344 e. The lowest BCUT2D eigenvalue weighted by Crippen LogP contribution is -2.40. The molecule has 0 aliphatic carbocycles. The van der Waals surface area contributed by atoms with Crippen LogP contribution in [0.5, 0.6) is 0 Å². The lowest BCUT2D eigenvalue weighted by molar-refractivity contribution is 0.372. The van der Waals surface area contributed by atoms with E-state index in [0.717, 1.165) is 42.9 Å². The van der Waals surface area contributed by atoms with Crippen LogP contribution in [0, 0.1) is 5.82 Å². The SMILES string of the molecule is O=S(C1=CC=CC(Cl)N1CCc1ccc(F)cc1)C1CCNCC1. The van der Waals surface area contributed by atoms with Gasteiger partial charge >= 0.3 is 0 Å². The van der Waals surface area contributed by atoms with Crippen molar-refractivity contribution in [3.63, 3.8) is 0 Å². The smallest absolute Gasteiger partial charge is 0.123 e. The number of halogens is 2. The molecular formula is C18H22ClFN2OS. The zero-order valence-electron chi connectivity index (χ0n) is 13.5. The van der Waals surface area contributed by atoms with E-state index in [9.17, 15) is 8.60 Å². The molecule has 3 nitrogen and oxygen atoms in total. The minimum atomic E-state index is -1.05. The van der Waals surface area contributed by atoms with Gasteiger partial charge in [0.05, 0.1) is 10.8 Å². The van der Waals surface area contributed by atoms with Crippen LogP contribution in [-0.2, 0) is 17.2 Å². The third-order valence-corrected chi connectivity index (χ3v) is 6.68. The molecule has 1 aromatic carbocycles. The predicted molar refractivity (Wildman–Crippen MR) is 97.7 cm³/mol. The van der Waals surface area contributed by atoms with Crippen molar-refractivity contribution in [1.29, 1.82) is 0 Å². The van der Waals surface area contributed by atoms with E-state index in [1.54, 1.807) is 12.1 Å². The molecule has 1 N–H and O–H groups in total. The number of allylic oxidation sites excluding steroid dienone is 2. The van der Waals surface area contributed by atoms with Gasteiger partial charge in [0, 0.05) is 11.8 Å². The highest BCUT2D eigenvalue weighted by Crippen LogP contribution is 2.26. The molecule has 0 saturated carbocycles. The van der Waals surface area contributed by atoms with Crippen LogP contribution in [0.15, 0.2) is 47.5 Å². The van der Waals surface area contributed by atoms with E-state index < -0.39 is 10.8 Å².